The Morgan fingerprint density at radius 1 is 1.04 bits per heavy atom. The zero-order chi connectivity index (χ0) is 31.8. The summed E-state index contributed by atoms with van der Waals surface area (Å²) >= 11 is 12.6. The molecular formula is C30H24Cl2FN5O7. The van der Waals surface area contributed by atoms with E-state index in [1.54, 1.807) is 24.3 Å². The molecule has 1 aliphatic carbocycles. The summed E-state index contributed by atoms with van der Waals surface area (Å²) in [6, 6.07) is 12.2. The number of anilines is 2. The molecule has 3 aliphatic heterocycles. The van der Waals surface area contributed by atoms with Gasteiger partial charge in [-0.15, -0.1) is 10.1 Å². The van der Waals surface area contributed by atoms with Crippen molar-refractivity contribution in [3.63, 3.8) is 0 Å². The average molecular weight is 656 g/mol. The van der Waals surface area contributed by atoms with Crippen LogP contribution in [-0.2, 0) is 15.1 Å². The van der Waals surface area contributed by atoms with Gasteiger partial charge in [0.05, 0.1) is 15.9 Å². The van der Waals surface area contributed by atoms with Crippen LogP contribution in [-0.4, -0.2) is 45.9 Å². The molecule has 0 radical (unpaired) electrons. The second kappa shape index (κ2) is 10.6. The second-order valence-electron chi connectivity index (χ2n) is 11.7. The summed E-state index contributed by atoms with van der Waals surface area (Å²) in [5.41, 5.74) is -1.09. The number of nitro groups is 1. The first-order valence-corrected chi connectivity index (χ1v) is 15.0. The first-order valence-electron chi connectivity index (χ1n) is 14.3. The fraction of sp³-hybridized carbons (Fsp3) is 0.333. The molecule has 0 bridgehead atoms. The molecule has 15 heteroatoms. The normalized spacial score (nSPS) is 25.7. The van der Waals surface area contributed by atoms with E-state index >= 15 is 4.39 Å². The Labute approximate surface area is 264 Å². The summed E-state index contributed by atoms with van der Waals surface area (Å²) in [5.74, 6) is -3.94. The van der Waals surface area contributed by atoms with Gasteiger partial charge in [-0.25, -0.2) is 4.39 Å². The number of rotatable bonds is 7. The van der Waals surface area contributed by atoms with Crippen LogP contribution >= 0.6 is 23.2 Å². The van der Waals surface area contributed by atoms with Gasteiger partial charge in [0.1, 0.15) is 22.8 Å². The topological polar surface area (TPSA) is 148 Å². The van der Waals surface area contributed by atoms with Crippen molar-refractivity contribution in [1.29, 1.82) is 0 Å². The van der Waals surface area contributed by atoms with E-state index in [1.807, 2.05) is 4.90 Å². The maximum Gasteiger partial charge on any atom is 0.299 e. The molecule has 2 saturated heterocycles. The summed E-state index contributed by atoms with van der Waals surface area (Å²) in [4.78, 5) is 59.0. The number of hydrogen-bond donors (Lipinski definition) is 1. The minimum absolute atomic E-state index is 0.0490. The van der Waals surface area contributed by atoms with Crippen LogP contribution in [0.5, 0.6) is 5.75 Å². The van der Waals surface area contributed by atoms with Crippen molar-refractivity contribution in [2.24, 2.45) is 11.8 Å². The number of piperidine rings is 1. The van der Waals surface area contributed by atoms with E-state index < -0.39 is 56.7 Å². The van der Waals surface area contributed by atoms with Gasteiger partial charge in [-0.1, -0.05) is 41.4 Å². The summed E-state index contributed by atoms with van der Waals surface area (Å²) in [5, 5.41) is 25.0. The van der Waals surface area contributed by atoms with Crippen LogP contribution in [0.3, 0.4) is 0 Å². The maximum atomic E-state index is 16.1. The number of fused-ring (bicyclic) bond motifs is 3. The number of amides is 2. The molecule has 3 heterocycles. The molecule has 4 atom stereocenters. The minimum atomic E-state index is -1.51. The van der Waals surface area contributed by atoms with E-state index in [4.69, 9.17) is 23.2 Å². The highest BCUT2D eigenvalue weighted by Gasteiger charge is 2.70. The van der Waals surface area contributed by atoms with Crippen molar-refractivity contribution in [1.82, 2.24) is 4.90 Å². The predicted octanol–water partition coefficient (Wildman–Crippen LogP) is 5.69. The number of nitrogens with one attached hydrogen (secondary N) is 1. The molecular weight excluding hydrogens is 632 g/mol. The molecule has 4 aliphatic rings. The highest BCUT2D eigenvalue weighted by Crippen LogP contribution is 2.62. The van der Waals surface area contributed by atoms with Crippen molar-refractivity contribution in [2.75, 3.05) is 23.3 Å². The average Bonchev–Trinajstić information content (AvgIpc) is 3.70. The van der Waals surface area contributed by atoms with Crippen LogP contribution in [0.15, 0.2) is 54.6 Å². The number of hydrogen-bond acceptors (Lipinski definition) is 8. The molecule has 1 saturated carbocycles. The largest absolute Gasteiger partial charge is 0.324 e. The van der Waals surface area contributed by atoms with E-state index in [1.165, 1.54) is 29.2 Å². The Balaban J connectivity index is 1.43. The third-order valence-corrected chi connectivity index (χ3v) is 9.87. The quantitative estimate of drug-likeness (QED) is 0.252. The molecule has 45 heavy (non-hydrogen) atoms. The van der Waals surface area contributed by atoms with Gasteiger partial charge in [0.15, 0.2) is 0 Å². The molecule has 3 fully saturated rings. The highest BCUT2D eigenvalue weighted by molar-refractivity contribution is 6.31. The third kappa shape index (κ3) is 4.51. The first-order chi connectivity index (χ1) is 21.5. The Bertz CT molecular complexity index is 1810. The van der Waals surface area contributed by atoms with Crippen molar-refractivity contribution in [2.45, 2.75) is 36.8 Å². The molecule has 3 aromatic rings. The second-order valence-corrected chi connectivity index (χ2v) is 12.6. The zero-order valence-corrected chi connectivity index (χ0v) is 24.8. The van der Waals surface area contributed by atoms with Gasteiger partial charge in [0.25, 0.3) is 10.8 Å². The van der Waals surface area contributed by atoms with E-state index in [0.717, 1.165) is 18.9 Å². The molecule has 1 N–H and O–H groups in total. The zero-order valence-electron chi connectivity index (χ0n) is 23.3. The van der Waals surface area contributed by atoms with Gasteiger partial charge in [-0.2, -0.15) is 0 Å². The van der Waals surface area contributed by atoms with Crippen LogP contribution in [0.2, 0.25) is 10.0 Å². The van der Waals surface area contributed by atoms with Gasteiger partial charge in [0.2, 0.25) is 11.8 Å². The lowest BCUT2D eigenvalue weighted by atomic mass is 9.70. The fourth-order valence-electron chi connectivity index (χ4n) is 7.49. The lowest BCUT2D eigenvalue weighted by Crippen LogP contribution is -2.54. The molecule has 12 nitrogen and oxygen atoms in total. The Morgan fingerprint density at radius 3 is 2.53 bits per heavy atom. The Morgan fingerprint density at radius 2 is 1.82 bits per heavy atom. The smallest absolute Gasteiger partial charge is 0.299 e. The van der Waals surface area contributed by atoms with Crippen LogP contribution in [0.25, 0.3) is 0 Å². The number of benzene rings is 3. The molecule has 0 unspecified atom stereocenters. The third-order valence-electron chi connectivity index (χ3n) is 9.35. The van der Waals surface area contributed by atoms with Gasteiger partial charge in [-0.3, -0.25) is 29.4 Å². The predicted molar refractivity (Wildman–Crippen MR) is 160 cm³/mol. The number of nitro benzene ring substituents is 1. The van der Waals surface area contributed by atoms with E-state index in [0.29, 0.717) is 29.2 Å². The lowest BCUT2D eigenvalue weighted by molar-refractivity contribution is -0.711. The summed E-state index contributed by atoms with van der Waals surface area (Å²) in [6.45, 7) is 0.531. The molecule has 3 aromatic carbocycles. The molecule has 1 spiro atoms. The number of carbonyl (C=O) groups excluding carboxylic acids is 2. The monoisotopic (exact) mass is 655 g/mol. The van der Waals surface area contributed by atoms with E-state index in [-0.39, 0.29) is 34.5 Å². The summed E-state index contributed by atoms with van der Waals surface area (Å²) in [7, 11) is 0. The number of likely N-dealkylation sites (tertiary alicyclic amines) is 1. The van der Waals surface area contributed by atoms with Crippen LogP contribution in [0.1, 0.15) is 36.3 Å². The van der Waals surface area contributed by atoms with Crippen LogP contribution in [0, 0.1) is 37.9 Å². The van der Waals surface area contributed by atoms with Crippen molar-refractivity contribution >= 4 is 52.1 Å². The highest BCUT2D eigenvalue weighted by atomic mass is 35.5. The van der Waals surface area contributed by atoms with Gasteiger partial charge in [0, 0.05) is 47.4 Å². The van der Waals surface area contributed by atoms with Gasteiger partial charge < -0.3 is 10.2 Å². The van der Waals surface area contributed by atoms with Crippen LogP contribution in [0.4, 0.5) is 21.5 Å². The Kier molecular flexibility index (Phi) is 6.95. The lowest BCUT2D eigenvalue weighted by Gasteiger charge is -2.40. The van der Waals surface area contributed by atoms with Gasteiger partial charge >= 0.3 is 0 Å². The SMILES string of the molecule is O=C1[C@@H]2[C@H](CCN1c1ccc(O[N+](=O)[O-])cc1[N+](=O)[O-])N(CC1CC1)[C@@]1(C(=O)Nc3cc(Cl)ccc31)[C@H]2c1cccc(Cl)c1F. The van der Waals surface area contributed by atoms with E-state index in [2.05, 4.69) is 10.2 Å². The number of halogens is 3. The molecule has 232 valence electrons. The van der Waals surface area contributed by atoms with Crippen molar-refractivity contribution < 1.29 is 28.8 Å². The van der Waals surface area contributed by atoms with Gasteiger partial charge in [-0.05, 0) is 61.1 Å². The van der Waals surface area contributed by atoms with Crippen LogP contribution < -0.4 is 15.1 Å². The summed E-state index contributed by atoms with van der Waals surface area (Å²) in [6.07, 6.45) is 2.20. The number of nitrogens with zero attached hydrogens (tertiary/aromatic N) is 4. The van der Waals surface area contributed by atoms with E-state index in [9.17, 15) is 29.8 Å². The van der Waals surface area contributed by atoms with Crippen molar-refractivity contribution in [3.05, 3.63) is 102 Å². The Hall–Kier alpha value is -4.33. The molecule has 2 amide bonds. The number of carbonyl (C=O) groups is 2. The first kappa shape index (κ1) is 29.4. The fourth-order valence-corrected chi connectivity index (χ4v) is 7.85. The van der Waals surface area contributed by atoms with Crippen molar-refractivity contribution in [3.8, 4) is 5.75 Å². The maximum absolute atomic E-state index is 16.1. The summed E-state index contributed by atoms with van der Waals surface area (Å²) < 4.78 is 16.1. The molecule has 7 rings (SSSR count). The standard InChI is InChI=1S/C30H24Cl2FN5O7/c31-16-6-8-19-21(12-16)34-29(40)30(19)26(18-2-1-3-20(32)27(18)33)25-23(36(30)14-15-4-5-15)10-11-35(28(25)39)22-9-7-17(45-38(43)44)13-24(22)37(41)42/h1-3,6-9,12-13,15,23,25-26H,4-5,10-11,14H2,(H,34,40)/t23-,25+,26-,30+/m0/s1. The molecule has 0 aromatic heterocycles. The minimum Gasteiger partial charge on any atom is -0.324 e.